The van der Waals surface area contributed by atoms with Gasteiger partial charge < -0.3 is 14.6 Å². The number of esters is 1. The van der Waals surface area contributed by atoms with Gasteiger partial charge in [0.15, 0.2) is 0 Å². The van der Waals surface area contributed by atoms with E-state index in [-0.39, 0.29) is 24.6 Å². The van der Waals surface area contributed by atoms with Gasteiger partial charge >= 0.3 is 5.97 Å². The molecule has 0 spiro atoms. The summed E-state index contributed by atoms with van der Waals surface area (Å²) >= 11 is 0. The lowest BCUT2D eigenvalue weighted by Gasteiger charge is -2.28. The van der Waals surface area contributed by atoms with Crippen LogP contribution in [-0.4, -0.2) is 17.2 Å². The third-order valence-corrected chi connectivity index (χ3v) is 4.62. The van der Waals surface area contributed by atoms with Crippen LogP contribution in [0.1, 0.15) is 36.8 Å². The van der Waals surface area contributed by atoms with Crippen molar-refractivity contribution in [3.05, 3.63) is 65.7 Å². The zero-order valence-electron chi connectivity index (χ0n) is 14.3. The van der Waals surface area contributed by atoms with Crippen molar-refractivity contribution in [1.82, 2.24) is 0 Å². The van der Waals surface area contributed by atoms with E-state index in [0.29, 0.717) is 6.61 Å². The molecule has 0 aromatic heterocycles. The quantitative estimate of drug-likeness (QED) is 0.811. The summed E-state index contributed by atoms with van der Waals surface area (Å²) in [5.41, 5.74) is 1.85. The molecule has 1 fully saturated rings. The van der Waals surface area contributed by atoms with E-state index in [9.17, 15) is 9.90 Å². The first-order valence-electron chi connectivity index (χ1n) is 8.81. The average molecular weight is 340 g/mol. The molecule has 132 valence electrons. The molecule has 0 heterocycles. The second-order valence-corrected chi connectivity index (χ2v) is 6.49. The van der Waals surface area contributed by atoms with Crippen LogP contribution >= 0.6 is 0 Å². The monoisotopic (exact) mass is 340 g/mol. The van der Waals surface area contributed by atoms with Gasteiger partial charge in [0.1, 0.15) is 12.4 Å². The third-order valence-electron chi connectivity index (χ3n) is 4.62. The van der Waals surface area contributed by atoms with Gasteiger partial charge in [-0.1, -0.05) is 42.5 Å². The van der Waals surface area contributed by atoms with Crippen LogP contribution in [0.25, 0.3) is 0 Å². The van der Waals surface area contributed by atoms with E-state index >= 15 is 0 Å². The van der Waals surface area contributed by atoms with Crippen molar-refractivity contribution < 1.29 is 19.4 Å². The Bertz CT molecular complexity index is 675. The van der Waals surface area contributed by atoms with Gasteiger partial charge in [0.05, 0.1) is 18.6 Å². The van der Waals surface area contributed by atoms with Crippen LogP contribution < -0.4 is 4.74 Å². The van der Waals surface area contributed by atoms with Crippen molar-refractivity contribution in [2.45, 2.75) is 45.0 Å². The highest BCUT2D eigenvalue weighted by Crippen LogP contribution is 2.29. The Morgan fingerprint density at radius 3 is 2.40 bits per heavy atom. The van der Waals surface area contributed by atoms with Crippen LogP contribution in [0.4, 0.5) is 0 Å². The average Bonchev–Trinajstić information content (AvgIpc) is 2.67. The van der Waals surface area contributed by atoms with Gasteiger partial charge in [-0.15, -0.1) is 0 Å². The second kappa shape index (κ2) is 8.67. The zero-order valence-corrected chi connectivity index (χ0v) is 14.3. The Hall–Kier alpha value is -2.33. The fourth-order valence-corrected chi connectivity index (χ4v) is 3.17. The normalized spacial score (nSPS) is 20.0. The number of carbonyl (C=O) groups excluding carboxylic acids is 1. The minimum absolute atomic E-state index is 0.0111. The van der Waals surface area contributed by atoms with Crippen LogP contribution in [0.2, 0.25) is 0 Å². The molecule has 0 aliphatic heterocycles. The van der Waals surface area contributed by atoms with Gasteiger partial charge in [-0.05, 0) is 48.9 Å². The summed E-state index contributed by atoms with van der Waals surface area (Å²) in [5, 5.41) is 9.19. The third kappa shape index (κ3) is 5.07. The first-order valence-corrected chi connectivity index (χ1v) is 8.81. The molecule has 3 rings (SSSR count). The molecule has 2 aromatic rings. The SMILES string of the molecule is O=C(OCc1ccccc1)[C@H]1CC[C@H](Oc2cccc(CO)c2)CC1. The van der Waals surface area contributed by atoms with Gasteiger partial charge in [-0.25, -0.2) is 0 Å². The van der Waals surface area contributed by atoms with Crippen molar-refractivity contribution in [1.29, 1.82) is 0 Å². The Morgan fingerprint density at radius 2 is 1.68 bits per heavy atom. The lowest BCUT2D eigenvalue weighted by Crippen LogP contribution is -2.29. The van der Waals surface area contributed by atoms with E-state index in [0.717, 1.165) is 42.6 Å². The summed E-state index contributed by atoms with van der Waals surface area (Å²) in [4.78, 5) is 12.2. The largest absolute Gasteiger partial charge is 0.490 e. The van der Waals surface area contributed by atoms with Crippen LogP contribution in [-0.2, 0) is 22.7 Å². The van der Waals surface area contributed by atoms with Crippen LogP contribution in [0.5, 0.6) is 5.75 Å². The molecule has 4 heteroatoms. The van der Waals surface area contributed by atoms with Crippen molar-refractivity contribution in [2.75, 3.05) is 0 Å². The number of hydrogen-bond donors (Lipinski definition) is 1. The molecule has 1 saturated carbocycles. The van der Waals surface area contributed by atoms with E-state index in [1.165, 1.54) is 0 Å². The molecule has 0 bridgehead atoms. The molecule has 1 aliphatic rings. The fourth-order valence-electron chi connectivity index (χ4n) is 3.17. The molecular weight excluding hydrogens is 316 g/mol. The van der Waals surface area contributed by atoms with E-state index in [1.54, 1.807) is 0 Å². The van der Waals surface area contributed by atoms with Crippen LogP contribution in [0.15, 0.2) is 54.6 Å². The van der Waals surface area contributed by atoms with E-state index in [1.807, 2.05) is 54.6 Å². The predicted molar refractivity (Wildman–Crippen MR) is 95.0 cm³/mol. The minimum Gasteiger partial charge on any atom is -0.490 e. The summed E-state index contributed by atoms with van der Waals surface area (Å²) in [7, 11) is 0. The van der Waals surface area contributed by atoms with E-state index in [4.69, 9.17) is 9.47 Å². The van der Waals surface area contributed by atoms with Crippen molar-refractivity contribution in [3.8, 4) is 5.75 Å². The number of hydrogen-bond acceptors (Lipinski definition) is 4. The number of ether oxygens (including phenoxy) is 2. The number of aliphatic hydroxyl groups is 1. The molecule has 0 radical (unpaired) electrons. The predicted octanol–water partition coefficient (Wildman–Crippen LogP) is 3.86. The topological polar surface area (TPSA) is 55.8 Å². The van der Waals surface area contributed by atoms with Crippen LogP contribution in [0.3, 0.4) is 0 Å². The smallest absolute Gasteiger partial charge is 0.309 e. The van der Waals surface area contributed by atoms with Crippen molar-refractivity contribution in [3.63, 3.8) is 0 Å². The summed E-state index contributed by atoms with van der Waals surface area (Å²) < 4.78 is 11.4. The number of rotatable bonds is 6. The molecule has 1 aliphatic carbocycles. The van der Waals surface area contributed by atoms with Gasteiger partial charge in [0, 0.05) is 0 Å². The summed E-state index contributed by atoms with van der Waals surface area (Å²) in [6.45, 7) is 0.348. The molecule has 0 unspecified atom stereocenters. The Morgan fingerprint density at radius 1 is 0.960 bits per heavy atom. The van der Waals surface area contributed by atoms with Crippen molar-refractivity contribution >= 4 is 5.97 Å². The first-order chi connectivity index (χ1) is 12.2. The Labute approximate surface area is 148 Å². The molecule has 0 saturated heterocycles. The van der Waals surface area contributed by atoms with Gasteiger partial charge in [-0.2, -0.15) is 0 Å². The highest BCUT2D eigenvalue weighted by molar-refractivity contribution is 5.72. The number of benzene rings is 2. The Kier molecular flexibility index (Phi) is 6.07. The highest BCUT2D eigenvalue weighted by Gasteiger charge is 2.28. The van der Waals surface area contributed by atoms with E-state index < -0.39 is 0 Å². The minimum atomic E-state index is -0.107. The maximum absolute atomic E-state index is 12.2. The lowest BCUT2D eigenvalue weighted by atomic mass is 9.87. The van der Waals surface area contributed by atoms with E-state index in [2.05, 4.69) is 0 Å². The summed E-state index contributed by atoms with van der Waals surface area (Å²) in [6, 6.07) is 17.3. The summed E-state index contributed by atoms with van der Waals surface area (Å²) in [5.74, 6) is 0.638. The summed E-state index contributed by atoms with van der Waals surface area (Å²) in [6.07, 6.45) is 3.38. The maximum Gasteiger partial charge on any atom is 0.309 e. The molecular formula is C21H24O4. The molecule has 2 aromatic carbocycles. The standard InChI is InChI=1S/C21H24O4/c22-14-17-7-4-8-20(13-17)25-19-11-9-18(10-12-19)21(23)24-15-16-5-2-1-3-6-16/h1-8,13,18-19,22H,9-12,14-15H2/t18-,19-. The molecule has 4 nitrogen and oxygen atoms in total. The number of carbonyl (C=O) groups is 1. The van der Waals surface area contributed by atoms with Crippen LogP contribution in [0, 0.1) is 5.92 Å². The lowest BCUT2D eigenvalue weighted by molar-refractivity contribution is -0.151. The highest BCUT2D eigenvalue weighted by atomic mass is 16.5. The fraction of sp³-hybridized carbons (Fsp3) is 0.381. The number of aliphatic hydroxyl groups excluding tert-OH is 1. The molecule has 0 atom stereocenters. The second-order valence-electron chi connectivity index (χ2n) is 6.49. The van der Waals surface area contributed by atoms with Gasteiger partial charge in [0.2, 0.25) is 0 Å². The van der Waals surface area contributed by atoms with Crippen molar-refractivity contribution in [2.24, 2.45) is 5.92 Å². The molecule has 25 heavy (non-hydrogen) atoms. The Balaban J connectivity index is 1.44. The molecule has 1 N–H and O–H groups in total. The first kappa shape index (κ1) is 17.5. The van der Waals surface area contributed by atoms with Gasteiger partial charge in [0.25, 0.3) is 0 Å². The maximum atomic E-state index is 12.2. The zero-order chi connectivity index (χ0) is 17.5. The van der Waals surface area contributed by atoms with Gasteiger partial charge in [-0.3, -0.25) is 4.79 Å². The molecule has 0 amide bonds.